The zero-order valence-electron chi connectivity index (χ0n) is 14.4. The van der Waals surface area contributed by atoms with E-state index >= 15 is 0 Å². The van der Waals surface area contributed by atoms with Crippen LogP contribution in [0.25, 0.3) is 0 Å². The standard InChI is InChI=1S/C18H17ClF3N3O/c1-11-8-12(17(23-2)24-3)16(9-13(11)18(20,21)22)25(10-26)15-7-5-4-6-14(15)19/h4-10H,1-3H3,(H,23,24). The summed E-state index contributed by atoms with van der Waals surface area (Å²) in [4.78, 5) is 16.9. The number of nitrogens with zero attached hydrogens (tertiary/aromatic N) is 2. The van der Waals surface area contributed by atoms with Crippen molar-refractivity contribution < 1.29 is 18.0 Å². The minimum absolute atomic E-state index is 0.0256. The molecule has 4 nitrogen and oxygen atoms in total. The minimum Gasteiger partial charge on any atom is -0.373 e. The van der Waals surface area contributed by atoms with Gasteiger partial charge in [-0.15, -0.1) is 0 Å². The van der Waals surface area contributed by atoms with Crippen molar-refractivity contribution in [2.75, 3.05) is 19.0 Å². The van der Waals surface area contributed by atoms with Crippen LogP contribution in [0.15, 0.2) is 41.4 Å². The van der Waals surface area contributed by atoms with Crippen molar-refractivity contribution in [1.82, 2.24) is 5.32 Å². The third-order valence-corrected chi connectivity index (χ3v) is 4.16. The number of carbonyl (C=O) groups is 1. The van der Waals surface area contributed by atoms with Crippen molar-refractivity contribution in [3.63, 3.8) is 0 Å². The smallest absolute Gasteiger partial charge is 0.373 e. The van der Waals surface area contributed by atoms with Gasteiger partial charge in [0.15, 0.2) is 0 Å². The molecule has 2 aromatic rings. The molecule has 8 heteroatoms. The zero-order chi connectivity index (χ0) is 19.5. The highest BCUT2D eigenvalue weighted by Gasteiger charge is 2.34. The summed E-state index contributed by atoms with van der Waals surface area (Å²) in [5, 5.41) is 3.07. The number of amides is 1. The van der Waals surface area contributed by atoms with E-state index in [9.17, 15) is 18.0 Å². The monoisotopic (exact) mass is 383 g/mol. The molecule has 0 saturated heterocycles. The minimum atomic E-state index is -4.56. The van der Waals surface area contributed by atoms with E-state index in [1.165, 1.54) is 20.0 Å². The number of benzene rings is 2. The first-order valence-corrected chi connectivity index (χ1v) is 7.98. The Hall–Kier alpha value is -2.54. The van der Waals surface area contributed by atoms with Gasteiger partial charge in [0, 0.05) is 19.7 Å². The fourth-order valence-electron chi connectivity index (χ4n) is 2.65. The van der Waals surface area contributed by atoms with Crippen LogP contribution >= 0.6 is 11.6 Å². The molecular formula is C18H17ClF3N3O. The van der Waals surface area contributed by atoms with E-state index in [1.54, 1.807) is 31.3 Å². The van der Waals surface area contributed by atoms with Crippen molar-refractivity contribution in [3.8, 4) is 0 Å². The molecule has 2 aromatic carbocycles. The summed E-state index contributed by atoms with van der Waals surface area (Å²) < 4.78 is 40.2. The Labute approximate surface area is 154 Å². The molecule has 0 spiro atoms. The molecule has 1 N–H and O–H groups in total. The van der Waals surface area contributed by atoms with Crippen LogP contribution in [0.5, 0.6) is 0 Å². The number of aliphatic imine (C=N–C) groups is 1. The molecule has 0 saturated carbocycles. The van der Waals surface area contributed by atoms with E-state index < -0.39 is 11.7 Å². The lowest BCUT2D eigenvalue weighted by Gasteiger charge is -2.25. The summed E-state index contributed by atoms with van der Waals surface area (Å²) in [5.41, 5.74) is -0.151. The predicted molar refractivity (Wildman–Crippen MR) is 97.4 cm³/mol. The summed E-state index contributed by atoms with van der Waals surface area (Å²) in [6, 6.07) is 8.70. The van der Waals surface area contributed by atoms with Gasteiger partial charge in [0.2, 0.25) is 6.41 Å². The molecule has 0 radical (unpaired) electrons. The Morgan fingerprint density at radius 1 is 1.23 bits per heavy atom. The molecule has 0 aromatic heterocycles. The molecule has 1 amide bonds. The van der Waals surface area contributed by atoms with Crippen molar-refractivity contribution in [2.24, 2.45) is 4.99 Å². The van der Waals surface area contributed by atoms with Crippen molar-refractivity contribution in [2.45, 2.75) is 13.1 Å². The number of para-hydroxylation sites is 1. The topological polar surface area (TPSA) is 44.7 Å². The zero-order valence-corrected chi connectivity index (χ0v) is 15.1. The van der Waals surface area contributed by atoms with Gasteiger partial charge in [0.1, 0.15) is 5.84 Å². The molecule has 138 valence electrons. The Kier molecular flexibility index (Phi) is 5.92. The highest BCUT2D eigenvalue weighted by Crippen LogP contribution is 2.39. The van der Waals surface area contributed by atoms with Crippen LogP contribution in [0.2, 0.25) is 5.02 Å². The van der Waals surface area contributed by atoms with E-state index in [4.69, 9.17) is 11.6 Å². The average Bonchev–Trinajstić information content (AvgIpc) is 2.58. The second kappa shape index (κ2) is 7.78. The average molecular weight is 384 g/mol. The highest BCUT2D eigenvalue weighted by molar-refractivity contribution is 6.34. The van der Waals surface area contributed by atoms with Crippen LogP contribution in [-0.2, 0) is 11.0 Å². The normalized spacial score (nSPS) is 12.0. The van der Waals surface area contributed by atoms with Gasteiger partial charge in [-0.2, -0.15) is 13.2 Å². The number of hydrogen-bond acceptors (Lipinski definition) is 2. The van der Waals surface area contributed by atoms with Crippen LogP contribution in [0.4, 0.5) is 24.5 Å². The van der Waals surface area contributed by atoms with E-state index in [0.717, 1.165) is 11.0 Å². The number of anilines is 2. The molecule has 0 fully saturated rings. The first-order chi connectivity index (χ1) is 12.2. The Morgan fingerprint density at radius 3 is 2.38 bits per heavy atom. The second-order valence-electron chi connectivity index (χ2n) is 5.43. The lowest BCUT2D eigenvalue weighted by Crippen LogP contribution is -2.25. The SMILES string of the molecule is CN=C(NC)c1cc(C)c(C(F)(F)F)cc1N(C=O)c1ccccc1Cl. The molecular weight excluding hydrogens is 367 g/mol. The molecule has 0 atom stereocenters. The van der Waals surface area contributed by atoms with E-state index in [1.807, 2.05) is 0 Å². The van der Waals surface area contributed by atoms with Gasteiger partial charge in [-0.25, -0.2) is 0 Å². The summed E-state index contributed by atoms with van der Waals surface area (Å²) in [5.74, 6) is 0.343. The maximum Gasteiger partial charge on any atom is 0.416 e. The first-order valence-electron chi connectivity index (χ1n) is 7.60. The number of nitrogens with one attached hydrogen (secondary N) is 1. The molecule has 2 rings (SSSR count). The maximum atomic E-state index is 13.4. The largest absolute Gasteiger partial charge is 0.416 e. The van der Waals surface area contributed by atoms with Gasteiger partial charge in [-0.1, -0.05) is 23.7 Å². The lowest BCUT2D eigenvalue weighted by molar-refractivity contribution is -0.138. The Morgan fingerprint density at radius 2 is 1.88 bits per heavy atom. The molecule has 0 aliphatic carbocycles. The quantitative estimate of drug-likeness (QED) is 0.478. The molecule has 0 aliphatic rings. The van der Waals surface area contributed by atoms with Crippen LogP contribution < -0.4 is 10.2 Å². The number of aryl methyl sites for hydroxylation is 1. The predicted octanol–water partition coefficient (Wildman–Crippen LogP) is 4.56. The molecule has 0 unspecified atom stereocenters. The van der Waals surface area contributed by atoms with Gasteiger partial charge in [0.25, 0.3) is 0 Å². The molecule has 0 bridgehead atoms. The third kappa shape index (κ3) is 3.83. The first kappa shape index (κ1) is 19.8. The van der Waals surface area contributed by atoms with Crippen molar-refractivity contribution in [3.05, 3.63) is 58.1 Å². The number of amidine groups is 1. The highest BCUT2D eigenvalue weighted by atomic mass is 35.5. The number of alkyl halides is 3. The van der Waals surface area contributed by atoms with E-state index in [-0.39, 0.29) is 22.0 Å². The fraction of sp³-hybridized carbons (Fsp3) is 0.222. The Bertz CT molecular complexity index is 850. The number of hydrogen-bond donors (Lipinski definition) is 1. The van der Waals surface area contributed by atoms with Crippen LogP contribution in [0.3, 0.4) is 0 Å². The summed E-state index contributed by atoms with van der Waals surface area (Å²) in [6.07, 6.45) is -4.13. The summed E-state index contributed by atoms with van der Waals surface area (Å²) in [7, 11) is 3.10. The third-order valence-electron chi connectivity index (χ3n) is 3.84. The van der Waals surface area contributed by atoms with Gasteiger partial charge in [-0.3, -0.25) is 14.7 Å². The summed E-state index contributed by atoms with van der Waals surface area (Å²) >= 11 is 6.14. The van der Waals surface area contributed by atoms with Gasteiger partial charge in [0.05, 0.1) is 22.0 Å². The number of carbonyl (C=O) groups excluding carboxylic acids is 1. The maximum absolute atomic E-state index is 13.4. The van der Waals surface area contributed by atoms with E-state index in [2.05, 4.69) is 10.3 Å². The molecule has 0 heterocycles. The van der Waals surface area contributed by atoms with Crippen LogP contribution in [0.1, 0.15) is 16.7 Å². The number of rotatable bonds is 4. The Balaban J connectivity index is 2.82. The van der Waals surface area contributed by atoms with Gasteiger partial charge < -0.3 is 5.32 Å². The van der Waals surface area contributed by atoms with Gasteiger partial charge in [-0.05, 0) is 36.8 Å². The second-order valence-corrected chi connectivity index (χ2v) is 5.84. The summed E-state index contributed by atoms with van der Waals surface area (Å²) in [6.45, 7) is 1.36. The van der Waals surface area contributed by atoms with Crippen molar-refractivity contribution in [1.29, 1.82) is 0 Å². The van der Waals surface area contributed by atoms with Gasteiger partial charge >= 0.3 is 6.18 Å². The number of halogens is 4. The van der Waals surface area contributed by atoms with Crippen LogP contribution in [-0.4, -0.2) is 26.3 Å². The van der Waals surface area contributed by atoms with Crippen LogP contribution in [0, 0.1) is 6.92 Å². The molecule has 0 aliphatic heterocycles. The van der Waals surface area contributed by atoms with E-state index in [0.29, 0.717) is 17.8 Å². The van der Waals surface area contributed by atoms with Crippen molar-refractivity contribution >= 4 is 35.2 Å². The molecule has 26 heavy (non-hydrogen) atoms. The fourth-order valence-corrected chi connectivity index (χ4v) is 2.88. The lowest BCUT2D eigenvalue weighted by atomic mass is 10.0.